The van der Waals surface area contributed by atoms with Crippen molar-refractivity contribution in [1.29, 1.82) is 0 Å². The maximum atomic E-state index is 11.9. The lowest BCUT2D eigenvalue weighted by molar-refractivity contribution is -0.124. The first-order valence-electron chi connectivity index (χ1n) is 6.67. The maximum absolute atomic E-state index is 11.9. The van der Waals surface area contributed by atoms with Crippen LogP contribution in [-0.4, -0.2) is 28.8 Å². The van der Waals surface area contributed by atoms with E-state index in [-0.39, 0.29) is 30.9 Å². The molecule has 1 amide bonds. The fourth-order valence-electron chi connectivity index (χ4n) is 1.95. The topological polar surface area (TPSA) is 69.6 Å². The molecule has 4 nitrogen and oxygen atoms in total. The highest BCUT2D eigenvalue weighted by Gasteiger charge is 2.18. The van der Waals surface area contributed by atoms with E-state index in [0.29, 0.717) is 6.42 Å². The molecule has 0 heterocycles. The van der Waals surface area contributed by atoms with Crippen LogP contribution in [0.4, 0.5) is 0 Å². The Hall–Kier alpha value is -1.39. The van der Waals surface area contributed by atoms with Crippen LogP contribution in [-0.2, 0) is 4.79 Å². The molecule has 19 heavy (non-hydrogen) atoms. The summed E-state index contributed by atoms with van der Waals surface area (Å²) in [5, 5.41) is 21.8. The van der Waals surface area contributed by atoms with Gasteiger partial charge in [0.25, 0.3) is 0 Å². The summed E-state index contributed by atoms with van der Waals surface area (Å²) in [6.45, 7) is 4.03. The van der Waals surface area contributed by atoms with Gasteiger partial charge >= 0.3 is 0 Å². The van der Waals surface area contributed by atoms with Crippen LogP contribution in [0.15, 0.2) is 30.3 Å². The van der Waals surface area contributed by atoms with Gasteiger partial charge in [-0.3, -0.25) is 4.79 Å². The van der Waals surface area contributed by atoms with E-state index >= 15 is 0 Å². The lowest BCUT2D eigenvalue weighted by Gasteiger charge is -2.22. The summed E-state index contributed by atoms with van der Waals surface area (Å²) < 4.78 is 0. The quantitative estimate of drug-likeness (QED) is 0.702. The third kappa shape index (κ3) is 5.41. The standard InChI is InChI=1S/C15H23NO3/c1-11(2)13(8-9-17)16-15(19)10-14(18)12-6-4-3-5-7-12/h3-7,11,13-14,17-18H,8-10H2,1-2H3,(H,16,19). The van der Waals surface area contributed by atoms with E-state index in [2.05, 4.69) is 5.32 Å². The van der Waals surface area contributed by atoms with Crippen LogP contribution in [0.1, 0.15) is 38.4 Å². The summed E-state index contributed by atoms with van der Waals surface area (Å²) in [6.07, 6.45) is -0.216. The molecule has 0 saturated heterocycles. The zero-order valence-corrected chi connectivity index (χ0v) is 11.5. The second-order valence-corrected chi connectivity index (χ2v) is 5.06. The first kappa shape index (κ1) is 15.7. The molecular weight excluding hydrogens is 242 g/mol. The lowest BCUT2D eigenvalue weighted by Crippen LogP contribution is -2.39. The molecule has 0 aromatic heterocycles. The monoisotopic (exact) mass is 265 g/mol. The van der Waals surface area contributed by atoms with Crippen LogP contribution in [0.3, 0.4) is 0 Å². The summed E-state index contributed by atoms with van der Waals surface area (Å²) in [5.41, 5.74) is 0.737. The van der Waals surface area contributed by atoms with Gasteiger partial charge in [0.2, 0.25) is 5.91 Å². The van der Waals surface area contributed by atoms with Crippen LogP contribution in [0.2, 0.25) is 0 Å². The average molecular weight is 265 g/mol. The van der Waals surface area contributed by atoms with Gasteiger partial charge in [-0.25, -0.2) is 0 Å². The molecule has 2 unspecified atom stereocenters. The Kier molecular flexibility index (Phi) is 6.53. The first-order chi connectivity index (χ1) is 9.04. The predicted octanol–water partition coefficient (Wildman–Crippen LogP) is 1.63. The van der Waals surface area contributed by atoms with E-state index in [1.807, 2.05) is 32.0 Å². The third-order valence-corrected chi connectivity index (χ3v) is 3.15. The zero-order chi connectivity index (χ0) is 14.3. The summed E-state index contributed by atoms with van der Waals surface area (Å²) in [6, 6.07) is 9.07. The van der Waals surface area contributed by atoms with E-state index in [9.17, 15) is 9.90 Å². The van der Waals surface area contributed by atoms with Gasteiger partial charge in [-0.1, -0.05) is 44.2 Å². The largest absolute Gasteiger partial charge is 0.396 e. The summed E-state index contributed by atoms with van der Waals surface area (Å²) in [7, 11) is 0. The Labute approximate surface area is 114 Å². The zero-order valence-electron chi connectivity index (χ0n) is 11.5. The molecule has 0 radical (unpaired) electrons. The molecule has 106 valence electrons. The Balaban J connectivity index is 2.50. The van der Waals surface area contributed by atoms with Gasteiger partial charge in [0.15, 0.2) is 0 Å². The maximum Gasteiger partial charge on any atom is 0.223 e. The Morgan fingerprint density at radius 2 is 1.89 bits per heavy atom. The molecule has 2 atom stereocenters. The van der Waals surface area contributed by atoms with Gasteiger partial charge in [0.05, 0.1) is 12.5 Å². The van der Waals surface area contributed by atoms with Crippen molar-refractivity contribution in [3.8, 4) is 0 Å². The number of aliphatic hydroxyl groups excluding tert-OH is 2. The van der Waals surface area contributed by atoms with E-state index in [1.165, 1.54) is 0 Å². The highest BCUT2D eigenvalue weighted by molar-refractivity contribution is 5.77. The Morgan fingerprint density at radius 3 is 2.42 bits per heavy atom. The molecule has 4 heteroatoms. The lowest BCUT2D eigenvalue weighted by atomic mass is 10.0. The van der Waals surface area contributed by atoms with Crippen LogP contribution in [0.5, 0.6) is 0 Å². The van der Waals surface area contributed by atoms with E-state index in [4.69, 9.17) is 5.11 Å². The normalized spacial score (nSPS) is 14.2. The van der Waals surface area contributed by atoms with Crippen molar-refractivity contribution in [3.63, 3.8) is 0 Å². The van der Waals surface area contributed by atoms with Gasteiger partial charge in [-0.05, 0) is 17.9 Å². The highest BCUT2D eigenvalue weighted by Crippen LogP contribution is 2.16. The van der Waals surface area contributed by atoms with E-state index in [1.54, 1.807) is 12.1 Å². The van der Waals surface area contributed by atoms with Gasteiger partial charge in [-0.2, -0.15) is 0 Å². The molecule has 0 bridgehead atoms. The number of hydrogen-bond donors (Lipinski definition) is 3. The van der Waals surface area contributed by atoms with Crippen molar-refractivity contribution in [2.75, 3.05) is 6.61 Å². The smallest absolute Gasteiger partial charge is 0.223 e. The molecule has 1 aromatic carbocycles. The van der Waals surface area contributed by atoms with Crippen molar-refractivity contribution < 1.29 is 15.0 Å². The molecule has 0 aliphatic carbocycles. The van der Waals surface area contributed by atoms with Gasteiger partial charge in [0, 0.05) is 12.6 Å². The predicted molar refractivity (Wildman–Crippen MR) is 74.5 cm³/mol. The SMILES string of the molecule is CC(C)C(CCO)NC(=O)CC(O)c1ccccc1. The van der Waals surface area contributed by atoms with E-state index in [0.717, 1.165) is 5.56 Å². The van der Waals surface area contributed by atoms with Crippen molar-refractivity contribution in [2.24, 2.45) is 5.92 Å². The van der Waals surface area contributed by atoms with Crippen molar-refractivity contribution in [3.05, 3.63) is 35.9 Å². The summed E-state index contributed by atoms with van der Waals surface area (Å²) >= 11 is 0. The van der Waals surface area contributed by atoms with E-state index < -0.39 is 6.10 Å². The molecule has 3 N–H and O–H groups in total. The molecule has 0 aliphatic heterocycles. The summed E-state index contributed by atoms with van der Waals surface area (Å²) in [4.78, 5) is 11.9. The fraction of sp³-hybridized carbons (Fsp3) is 0.533. The number of amides is 1. The van der Waals surface area contributed by atoms with Gasteiger partial charge in [0.1, 0.15) is 0 Å². The molecule has 0 spiro atoms. The minimum atomic E-state index is -0.789. The number of benzene rings is 1. The number of carbonyl (C=O) groups is 1. The Morgan fingerprint density at radius 1 is 1.26 bits per heavy atom. The number of rotatable bonds is 7. The van der Waals surface area contributed by atoms with Crippen molar-refractivity contribution in [2.45, 2.75) is 38.8 Å². The number of aliphatic hydroxyl groups is 2. The minimum Gasteiger partial charge on any atom is -0.396 e. The molecule has 0 saturated carbocycles. The second-order valence-electron chi connectivity index (χ2n) is 5.06. The first-order valence-corrected chi connectivity index (χ1v) is 6.67. The summed E-state index contributed by atoms with van der Waals surface area (Å²) in [5.74, 6) is 0.0634. The Bertz CT molecular complexity index is 378. The number of carbonyl (C=O) groups excluding carboxylic acids is 1. The van der Waals surface area contributed by atoms with Crippen LogP contribution in [0, 0.1) is 5.92 Å². The average Bonchev–Trinajstić information content (AvgIpc) is 2.39. The minimum absolute atomic E-state index is 0.0403. The van der Waals surface area contributed by atoms with Crippen LogP contribution < -0.4 is 5.32 Å². The van der Waals surface area contributed by atoms with Crippen LogP contribution >= 0.6 is 0 Å². The molecule has 0 fully saturated rings. The molecule has 1 aromatic rings. The second kappa shape index (κ2) is 7.92. The number of hydrogen-bond acceptors (Lipinski definition) is 3. The third-order valence-electron chi connectivity index (χ3n) is 3.15. The fourth-order valence-corrected chi connectivity index (χ4v) is 1.95. The molecular formula is C15H23NO3. The van der Waals surface area contributed by atoms with Crippen LogP contribution in [0.25, 0.3) is 0 Å². The van der Waals surface area contributed by atoms with Crippen molar-refractivity contribution >= 4 is 5.91 Å². The van der Waals surface area contributed by atoms with Gasteiger partial charge in [-0.15, -0.1) is 0 Å². The van der Waals surface area contributed by atoms with Gasteiger partial charge < -0.3 is 15.5 Å². The highest BCUT2D eigenvalue weighted by atomic mass is 16.3. The molecule has 0 aliphatic rings. The number of nitrogens with one attached hydrogen (secondary N) is 1. The molecule has 1 rings (SSSR count). The van der Waals surface area contributed by atoms with Crippen molar-refractivity contribution in [1.82, 2.24) is 5.32 Å².